The molecule has 130 valence electrons. The molecule has 7 heteroatoms. The van der Waals surface area contributed by atoms with Gasteiger partial charge < -0.3 is 19.9 Å². The summed E-state index contributed by atoms with van der Waals surface area (Å²) in [7, 11) is 1.40. The molecule has 3 aliphatic heterocycles. The fourth-order valence-corrected chi connectivity index (χ4v) is 3.93. The van der Waals surface area contributed by atoms with E-state index < -0.39 is 0 Å². The first-order chi connectivity index (χ1) is 11.2. The highest BCUT2D eigenvalue weighted by molar-refractivity contribution is 5.75. The van der Waals surface area contributed by atoms with Crippen molar-refractivity contribution in [2.45, 2.75) is 44.2 Å². The normalized spacial score (nSPS) is 26.6. The number of rotatable bonds is 2. The molecule has 0 aliphatic carbocycles. The molecular weight excluding hydrogens is 296 g/mol. The average Bonchev–Trinajstić information content (AvgIpc) is 3.25. The fourth-order valence-electron chi connectivity index (χ4n) is 3.93. The molecule has 0 aromatic carbocycles. The van der Waals surface area contributed by atoms with E-state index in [9.17, 15) is 9.59 Å². The predicted molar refractivity (Wildman–Crippen MR) is 86.3 cm³/mol. The van der Waals surface area contributed by atoms with Gasteiger partial charge in [0.2, 0.25) is 0 Å². The number of ether oxygens (including phenoxy) is 1. The summed E-state index contributed by atoms with van der Waals surface area (Å²) in [5, 5.41) is 3.14. The number of hydrogen-bond donors (Lipinski definition) is 1. The first-order valence-electron chi connectivity index (χ1n) is 8.80. The lowest BCUT2D eigenvalue weighted by atomic mass is 10.1. The number of piperidine rings is 1. The molecule has 23 heavy (non-hydrogen) atoms. The number of nitrogens with zero attached hydrogens (tertiary/aromatic N) is 3. The zero-order valence-corrected chi connectivity index (χ0v) is 14.0. The Morgan fingerprint density at radius 1 is 0.957 bits per heavy atom. The predicted octanol–water partition coefficient (Wildman–Crippen LogP) is 1.10. The Morgan fingerprint density at radius 3 is 2.26 bits per heavy atom. The van der Waals surface area contributed by atoms with E-state index >= 15 is 0 Å². The Morgan fingerprint density at radius 2 is 1.61 bits per heavy atom. The topological polar surface area (TPSA) is 65.1 Å². The Hall–Kier alpha value is -1.50. The van der Waals surface area contributed by atoms with E-state index in [1.807, 2.05) is 4.90 Å². The highest BCUT2D eigenvalue weighted by atomic mass is 16.5. The number of nitrogens with one attached hydrogen (secondary N) is 1. The van der Waals surface area contributed by atoms with E-state index in [0.29, 0.717) is 19.1 Å². The van der Waals surface area contributed by atoms with Crippen LogP contribution in [-0.4, -0.2) is 85.3 Å². The van der Waals surface area contributed by atoms with Gasteiger partial charge in [0.05, 0.1) is 7.11 Å². The maximum atomic E-state index is 12.4. The lowest BCUT2D eigenvalue weighted by Crippen LogP contribution is -2.50. The molecule has 0 aromatic heterocycles. The lowest BCUT2D eigenvalue weighted by molar-refractivity contribution is 0.109. The first-order valence-corrected chi connectivity index (χ1v) is 8.80. The zero-order valence-electron chi connectivity index (χ0n) is 14.0. The number of methoxy groups -OCH3 is 1. The zero-order chi connectivity index (χ0) is 16.2. The van der Waals surface area contributed by atoms with Gasteiger partial charge in [0.1, 0.15) is 0 Å². The number of amides is 3. The third-order valence-corrected chi connectivity index (χ3v) is 5.36. The molecule has 0 saturated carbocycles. The van der Waals surface area contributed by atoms with Crippen LogP contribution in [0.15, 0.2) is 0 Å². The van der Waals surface area contributed by atoms with Crippen molar-refractivity contribution in [2.75, 3.05) is 46.4 Å². The maximum Gasteiger partial charge on any atom is 0.409 e. The first kappa shape index (κ1) is 16.4. The number of urea groups is 1. The lowest BCUT2D eigenvalue weighted by Gasteiger charge is -2.32. The minimum Gasteiger partial charge on any atom is -0.453 e. The van der Waals surface area contributed by atoms with Crippen LogP contribution < -0.4 is 5.32 Å². The smallest absolute Gasteiger partial charge is 0.409 e. The Kier molecular flexibility index (Phi) is 5.25. The molecule has 1 atom stereocenters. The van der Waals surface area contributed by atoms with E-state index in [1.165, 1.54) is 33.0 Å². The SMILES string of the molecule is COC(=O)N1CCC(NC(=O)N2CC[C@@H](N3CCCC3)C2)CC1. The number of carbonyl (C=O) groups is 2. The van der Waals surface area contributed by atoms with Gasteiger partial charge >= 0.3 is 12.1 Å². The van der Waals surface area contributed by atoms with Gasteiger partial charge in [-0.05, 0) is 45.2 Å². The van der Waals surface area contributed by atoms with Crippen LogP contribution in [0.25, 0.3) is 0 Å². The van der Waals surface area contributed by atoms with Gasteiger partial charge in [-0.2, -0.15) is 0 Å². The third kappa shape index (κ3) is 3.88. The highest BCUT2D eigenvalue weighted by Crippen LogP contribution is 2.21. The molecule has 7 nitrogen and oxygen atoms in total. The van der Waals surface area contributed by atoms with Gasteiger partial charge in [0, 0.05) is 38.3 Å². The molecule has 3 aliphatic rings. The second kappa shape index (κ2) is 7.38. The summed E-state index contributed by atoms with van der Waals surface area (Å²) in [6, 6.07) is 0.766. The summed E-state index contributed by atoms with van der Waals surface area (Å²) in [5.74, 6) is 0. The van der Waals surface area contributed by atoms with E-state index in [1.54, 1.807) is 4.90 Å². The third-order valence-electron chi connectivity index (χ3n) is 5.36. The Labute approximate surface area is 137 Å². The van der Waals surface area contributed by atoms with Gasteiger partial charge in [-0.1, -0.05) is 0 Å². The number of likely N-dealkylation sites (tertiary alicyclic amines) is 3. The second-order valence-electron chi connectivity index (χ2n) is 6.81. The van der Waals surface area contributed by atoms with Crippen LogP contribution >= 0.6 is 0 Å². The van der Waals surface area contributed by atoms with Crippen LogP contribution in [0.4, 0.5) is 9.59 Å². The molecule has 3 heterocycles. The van der Waals surface area contributed by atoms with E-state index in [-0.39, 0.29) is 18.2 Å². The summed E-state index contributed by atoms with van der Waals surface area (Å²) in [5.41, 5.74) is 0. The van der Waals surface area contributed by atoms with Crippen LogP contribution in [0.5, 0.6) is 0 Å². The average molecular weight is 324 g/mol. The van der Waals surface area contributed by atoms with Crippen molar-refractivity contribution in [2.24, 2.45) is 0 Å². The highest BCUT2D eigenvalue weighted by Gasteiger charge is 2.33. The number of hydrogen-bond acceptors (Lipinski definition) is 4. The van der Waals surface area contributed by atoms with Crippen molar-refractivity contribution in [3.8, 4) is 0 Å². The van der Waals surface area contributed by atoms with Gasteiger partial charge in [-0.25, -0.2) is 9.59 Å². The van der Waals surface area contributed by atoms with Gasteiger partial charge in [-0.3, -0.25) is 4.90 Å². The largest absolute Gasteiger partial charge is 0.453 e. The van der Waals surface area contributed by atoms with E-state index in [4.69, 9.17) is 4.74 Å². The Balaban J connectivity index is 1.41. The maximum absolute atomic E-state index is 12.4. The van der Waals surface area contributed by atoms with Gasteiger partial charge in [0.25, 0.3) is 0 Å². The summed E-state index contributed by atoms with van der Waals surface area (Å²) in [6.45, 7) is 5.38. The van der Waals surface area contributed by atoms with Crippen molar-refractivity contribution in [1.82, 2.24) is 20.0 Å². The minimum atomic E-state index is -0.275. The van der Waals surface area contributed by atoms with E-state index in [0.717, 1.165) is 32.4 Å². The van der Waals surface area contributed by atoms with Crippen molar-refractivity contribution in [3.63, 3.8) is 0 Å². The van der Waals surface area contributed by atoms with Crippen molar-refractivity contribution in [1.29, 1.82) is 0 Å². The molecule has 0 spiro atoms. The Bertz CT molecular complexity index is 431. The summed E-state index contributed by atoms with van der Waals surface area (Å²) >= 11 is 0. The standard InChI is InChI=1S/C16H28N4O3/c1-23-16(22)19-9-4-13(5-10-19)17-15(21)20-11-6-14(12-20)18-7-2-3-8-18/h13-14H,2-12H2,1H3,(H,17,21)/t14-/m1/s1. The monoisotopic (exact) mass is 324 g/mol. The molecule has 0 unspecified atom stereocenters. The molecule has 3 rings (SSSR count). The minimum absolute atomic E-state index is 0.0585. The molecule has 1 N–H and O–H groups in total. The molecule has 3 saturated heterocycles. The van der Waals surface area contributed by atoms with Crippen molar-refractivity contribution >= 4 is 12.1 Å². The number of carbonyl (C=O) groups excluding carboxylic acids is 2. The summed E-state index contributed by atoms with van der Waals surface area (Å²) in [4.78, 5) is 30.1. The van der Waals surface area contributed by atoms with Crippen LogP contribution in [0, 0.1) is 0 Å². The van der Waals surface area contributed by atoms with Crippen LogP contribution in [0.1, 0.15) is 32.1 Å². The van der Waals surface area contributed by atoms with Gasteiger partial charge in [-0.15, -0.1) is 0 Å². The summed E-state index contributed by atoms with van der Waals surface area (Å²) in [6.07, 6.45) is 4.99. The van der Waals surface area contributed by atoms with Gasteiger partial charge in [0.15, 0.2) is 0 Å². The summed E-state index contributed by atoms with van der Waals surface area (Å²) < 4.78 is 4.73. The molecule has 0 aromatic rings. The van der Waals surface area contributed by atoms with Crippen molar-refractivity contribution < 1.29 is 14.3 Å². The quantitative estimate of drug-likeness (QED) is 0.826. The molecule has 0 radical (unpaired) electrons. The van der Waals surface area contributed by atoms with Crippen molar-refractivity contribution in [3.05, 3.63) is 0 Å². The van der Waals surface area contributed by atoms with Crippen LogP contribution in [0.3, 0.4) is 0 Å². The van der Waals surface area contributed by atoms with Crippen LogP contribution in [0.2, 0.25) is 0 Å². The second-order valence-corrected chi connectivity index (χ2v) is 6.81. The molecule has 3 amide bonds. The fraction of sp³-hybridized carbons (Fsp3) is 0.875. The molecular formula is C16H28N4O3. The van der Waals surface area contributed by atoms with E-state index in [2.05, 4.69) is 10.2 Å². The molecule has 3 fully saturated rings. The van der Waals surface area contributed by atoms with Crippen LogP contribution in [-0.2, 0) is 4.74 Å². The molecule has 0 bridgehead atoms.